The third-order valence-electron chi connectivity index (χ3n) is 18.6. The average molecular weight is 1210 g/mol. The van der Waals surface area contributed by atoms with E-state index in [1.165, 1.54) is 157 Å². The highest BCUT2D eigenvalue weighted by Gasteiger charge is 2.27. The normalized spacial score (nSPS) is 12.4. The number of hydrogen-bond donors (Lipinski definition) is 0. The highest BCUT2D eigenvalue weighted by atomic mass is 32.1. The zero-order valence-corrected chi connectivity index (χ0v) is 53.4. The summed E-state index contributed by atoms with van der Waals surface area (Å²) in [7, 11) is 3.60. The van der Waals surface area contributed by atoms with E-state index in [-0.39, 0.29) is 0 Å². The van der Waals surface area contributed by atoms with Gasteiger partial charge in [-0.3, -0.25) is 0 Å². The average Bonchev–Trinajstić information content (AvgIpc) is 1.28. The van der Waals surface area contributed by atoms with Crippen LogP contribution in [0.2, 0.25) is 0 Å². The molecular weight excluding hydrogens is 1150 g/mol. The number of methoxy groups -OCH3 is 2. The fraction of sp³-hybridized carbons (Fsp3) is 0.150. The van der Waals surface area contributed by atoms with Crippen LogP contribution in [-0.4, -0.2) is 14.2 Å². The molecule has 8 heteroatoms. The van der Waals surface area contributed by atoms with Crippen LogP contribution in [0, 0.1) is 0 Å². The fourth-order valence-electron chi connectivity index (χ4n) is 14.0. The predicted octanol–water partition coefficient (Wildman–Crippen LogP) is 25.6. The number of benzene rings is 14. The van der Waals surface area contributed by atoms with Crippen molar-refractivity contribution in [1.82, 2.24) is 0 Å². The van der Waals surface area contributed by atoms with E-state index < -0.39 is 0 Å². The van der Waals surface area contributed by atoms with E-state index in [2.05, 4.69) is 163 Å². The van der Waals surface area contributed by atoms with Gasteiger partial charge in [0, 0.05) is 145 Å². The Morgan fingerprint density at radius 3 is 0.920 bits per heavy atom. The summed E-state index contributed by atoms with van der Waals surface area (Å²) in [6.45, 7) is 13.5. The van der Waals surface area contributed by atoms with E-state index in [1.54, 1.807) is 14.2 Å². The summed E-state index contributed by atoms with van der Waals surface area (Å²) in [4.78, 5) is 0. The van der Waals surface area contributed by atoms with E-state index in [0.717, 1.165) is 58.1 Å². The van der Waals surface area contributed by atoms with Gasteiger partial charge < -0.3 is 18.9 Å². The fourth-order valence-corrected chi connectivity index (χ4v) is 18.7. The van der Waals surface area contributed by atoms with E-state index in [0.29, 0.717) is 11.8 Å². The summed E-state index contributed by atoms with van der Waals surface area (Å²) < 4.78 is 36.4. The Bertz CT molecular complexity index is 5500. The Morgan fingerprint density at radius 2 is 0.602 bits per heavy atom. The Morgan fingerprint density at radius 1 is 0.295 bits per heavy atom. The van der Waals surface area contributed by atoms with Gasteiger partial charge in [0.25, 0.3) is 0 Å². The molecule has 0 N–H and O–H groups in total. The Kier molecular flexibility index (Phi) is 12.4. The van der Waals surface area contributed by atoms with Gasteiger partial charge in [0.1, 0.15) is 34.5 Å². The molecule has 0 fully saturated rings. The van der Waals surface area contributed by atoms with Crippen molar-refractivity contribution in [3.05, 3.63) is 204 Å². The quantitative estimate of drug-likeness (QED) is 0.128. The number of hydrogen-bond acceptors (Lipinski definition) is 8. The smallest absolute Gasteiger partial charge is 0.135 e. The highest BCUT2D eigenvalue weighted by molar-refractivity contribution is 7.28. The predicted molar refractivity (Wildman–Crippen MR) is 385 cm³/mol. The van der Waals surface area contributed by atoms with Crippen molar-refractivity contribution in [1.29, 1.82) is 0 Å². The first-order valence-corrected chi connectivity index (χ1v) is 33.8. The maximum atomic E-state index is 6.84. The van der Waals surface area contributed by atoms with Gasteiger partial charge in [0.2, 0.25) is 0 Å². The van der Waals surface area contributed by atoms with Crippen molar-refractivity contribution in [2.75, 3.05) is 14.2 Å². The first kappa shape index (κ1) is 53.5. The molecule has 0 unspecified atom stereocenters. The molecule has 0 aliphatic rings. The Balaban J connectivity index is 0.000000139. The number of fused-ring (bicyclic) bond motifs is 16. The molecule has 88 heavy (non-hydrogen) atoms. The van der Waals surface area contributed by atoms with E-state index in [1.807, 2.05) is 106 Å². The lowest BCUT2D eigenvalue weighted by Gasteiger charge is -2.19. The number of para-hydroxylation sites is 2. The lowest BCUT2D eigenvalue weighted by atomic mass is 9.90. The third-order valence-corrected chi connectivity index (χ3v) is 23.4. The first-order chi connectivity index (χ1) is 43.0. The zero-order valence-electron chi connectivity index (χ0n) is 50.2. The van der Waals surface area contributed by atoms with E-state index in [4.69, 9.17) is 18.9 Å². The molecule has 0 atom stereocenters. The van der Waals surface area contributed by atoms with Crippen LogP contribution in [0.1, 0.15) is 75.6 Å². The second-order valence-corrected chi connectivity index (χ2v) is 28.4. The van der Waals surface area contributed by atoms with Crippen LogP contribution in [0.15, 0.2) is 182 Å². The second kappa shape index (κ2) is 20.4. The van der Waals surface area contributed by atoms with Crippen LogP contribution < -0.4 is 18.9 Å². The molecular formula is C80H60O4S4. The molecule has 0 saturated carbocycles. The minimum Gasteiger partial charge on any atom is -0.496 e. The minimum absolute atomic E-state index is 0.486. The van der Waals surface area contributed by atoms with Crippen LogP contribution in [-0.2, 0) is 12.8 Å². The minimum atomic E-state index is 0.486. The SMILES string of the molecule is CCc1ccc2sc3c(cc4c(Oc5ccccc5)cc5c6sc7ccc(CC)cc7c6cc6c(Oc7ccccc7)cc3c4c65)c2c1.COc1cc2c3sc4ccc(C(C)C)cc4c3cc3c(OC)cc4c5sc6ccc(C(C)C)cc6c5cc1c4c32. The molecule has 0 aliphatic carbocycles. The van der Waals surface area contributed by atoms with Gasteiger partial charge in [-0.05, 0) is 168 Å². The lowest BCUT2D eigenvalue weighted by molar-refractivity contribution is 0.419. The maximum Gasteiger partial charge on any atom is 0.135 e. The third kappa shape index (κ3) is 8.11. The summed E-state index contributed by atoms with van der Waals surface area (Å²) in [6.07, 6.45) is 2.01. The lowest BCUT2D eigenvalue weighted by Crippen LogP contribution is -1.93. The molecule has 0 amide bonds. The second-order valence-electron chi connectivity index (χ2n) is 24.2. The van der Waals surface area contributed by atoms with Crippen molar-refractivity contribution in [3.8, 4) is 34.5 Å². The van der Waals surface area contributed by atoms with Crippen molar-refractivity contribution in [2.24, 2.45) is 0 Å². The van der Waals surface area contributed by atoms with Gasteiger partial charge in [-0.15, -0.1) is 45.3 Å². The molecule has 0 spiro atoms. The first-order valence-electron chi connectivity index (χ1n) is 30.6. The number of aryl methyl sites for hydroxylation is 2. The largest absolute Gasteiger partial charge is 0.496 e. The van der Waals surface area contributed by atoms with Gasteiger partial charge in [-0.25, -0.2) is 0 Å². The number of rotatable bonds is 10. The van der Waals surface area contributed by atoms with E-state index in [9.17, 15) is 0 Å². The molecule has 14 aromatic carbocycles. The van der Waals surface area contributed by atoms with Crippen molar-refractivity contribution >= 4 is 191 Å². The molecule has 0 radical (unpaired) electrons. The van der Waals surface area contributed by atoms with Crippen molar-refractivity contribution in [2.45, 2.75) is 66.2 Å². The summed E-state index contributed by atoms with van der Waals surface area (Å²) >= 11 is 7.52. The molecule has 0 aliphatic heterocycles. The molecule has 0 saturated heterocycles. The van der Waals surface area contributed by atoms with Crippen LogP contribution in [0.4, 0.5) is 0 Å². The molecule has 4 aromatic heterocycles. The highest BCUT2D eigenvalue weighted by Crippen LogP contribution is 2.56. The Hall–Kier alpha value is -8.76. The van der Waals surface area contributed by atoms with Crippen molar-refractivity contribution in [3.63, 3.8) is 0 Å². The van der Waals surface area contributed by atoms with Crippen LogP contribution in [0.5, 0.6) is 34.5 Å². The topological polar surface area (TPSA) is 36.9 Å². The van der Waals surface area contributed by atoms with Gasteiger partial charge in [-0.1, -0.05) is 102 Å². The summed E-state index contributed by atoms with van der Waals surface area (Å²) in [5.74, 6) is 6.25. The maximum absolute atomic E-state index is 6.84. The zero-order chi connectivity index (χ0) is 59.4. The molecule has 4 nitrogen and oxygen atoms in total. The van der Waals surface area contributed by atoms with E-state index >= 15 is 0 Å². The van der Waals surface area contributed by atoms with Crippen molar-refractivity contribution < 1.29 is 18.9 Å². The molecule has 0 bridgehead atoms. The monoisotopic (exact) mass is 1210 g/mol. The summed E-state index contributed by atoms with van der Waals surface area (Å²) in [5, 5.41) is 24.9. The van der Waals surface area contributed by atoms with Crippen LogP contribution in [0.3, 0.4) is 0 Å². The van der Waals surface area contributed by atoms with Crippen LogP contribution >= 0.6 is 45.3 Å². The number of thiophene rings is 4. The molecule has 428 valence electrons. The van der Waals surface area contributed by atoms with Gasteiger partial charge in [-0.2, -0.15) is 0 Å². The number of ether oxygens (including phenoxy) is 4. The summed E-state index contributed by atoms with van der Waals surface area (Å²) in [5.41, 5.74) is 5.43. The van der Waals surface area contributed by atoms with Crippen LogP contribution in [0.25, 0.3) is 145 Å². The standard InChI is InChI=1S/C44H30O2S2.C36H30O2S2/c1-3-25-15-17-39-29(19-25)31-21-33-37(45-27-11-7-5-8-12-27)24-36-42-34(22-32-30-20-26(4-2)16-18-40(30)48-44(32)36)38(46-28-13-9-6-10-14-28)23-35(41(33)42)43(31)47-39;1-17(2)19-7-9-31-21(11-19)23-13-25-29(37-5)16-28-34-26(30(38-6)15-27(33(25)34)35(23)39-31)14-24-22-12-20(18(3)4)8-10-32(22)40-36(24)28/h5-24H,3-4H2,1-2H3;7-18H,1-6H3. The summed E-state index contributed by atoms with van der Waals surface area (Å²) in [6, 6.07) is 66.8. The Labute approximate surface area is 525 Å². The van der Waals surface area contributed by atoms with Gasteiger partial charge in [0.05, 0.1) is 14.2 Å². The van der Waals surface area contributed by atoms with Gasteiger partial charge in [0.15, 0.2) is 0 Å². The molecule has 4 heterocycles. The molecule has 18 aromatic rings. The van der Waals surface area contributed by atoms with Gasteiger partial charge >= 0.3 is 0 Å². The molecule has 18 rings (SSSR count).